The van der Waals surface area contributed by atoms with Gasteiger partial charge in [0.2, 0.25) is 6.04 Å². The van der Waals surface area contributed by atoms with Crippen LogP contribution in [-0.2, 0) is 14.4 Å². The molecule has 0 saturated heterocycles. The number of carbonyl (C=O) groups is 3. The smallest absolute Gasteiger partial charge is 0.284 e. The molecule has 191 valence electrons. The molecule has 1 amide bonds. The van der Waals surface area contributed by atoms with Crippen LogP contribution in [-0.4, -0.2) is 52.6 Å². The van der Waals surface area contributed by atoms with Gasteiger partial charge >= 0.3 is 0 Å². The number of unbranched alkanes of at least 4 members (excludes halogenated alkanes) is 3. The first-order valence-electron chi connectivity index (χ1n) is 11.7. The van der Waals surface area contributed by atoms with Gasteiger partial charge < -0.3 is 30.2 Å². The number of hydrogen-bond acceptors (Lipinski definition) is 8. The Balaban J connectivity index is 4.70. The van der Waals surface area contributed by atoms with Crippen molar-refractivity contribution in [1.82, 2.24) is 5.32 Å². The van der Waals surface area contributed by atoms with Crippen molar-refractivity contribution in [3.8, 4) is 0 Å². The van der Waals surface area contributed by atoms with E-state index < -0.39 is 41.8 Å². The molecule has 3 unspecified atom stereocenters. The van der Waals surface area contributed by atoms with Gasteiger partial charge in [-0.2, -0.15) is 5.73 Å². The number of amides is 1. The summed E-state index contributed by atoms with van der Waals surface area (Å²) < 4.78 is 0. The fourth-order valence-corrected chi connectivity index (χ4v) is 3.90. The fourth-order valence-electron chi connectivity index (χ4n) is 2.76. The van der Waals surface area contributed by atoms with Gasteiger partial charge in [-0.1, -0.05) is 68.4 Å². The molecule has 9 heteroatoms. The highest BCUT2D eigenvalue weighted by atomic mass is 32.2. The zero-order valence-electron chi connectivity index (χ0n) is 19.9. The molecular weight excluding hydrogens is 456 g/mol. The summed E-state index contributed by atoms with van der Waals surface area (Å²) in [4.78, 5) is 32.9. The Labute approximate surface area is 207 Å². The van der Waals surface area contributed by atoms with Crippen molar-refractivity contribution in [3.63, 3.8) is 0 Å². The molecule has 0 saturated carbocycles. The second-order valence-corrected chi connectivity index (χ2v) is 8.94. The number of rotatable bonds is 20. The number of hydrogen-bond donors (Lipinski definition) is 3. The molecule has 0 rings (SSSR count). The molecule has 0 aromatic carbocycles. The summed E-state index contributed by atoms with van der Waals surface area (Å²) in [7, 11) is 0. The highest BCUT2D eigenvalue weighted by Gasteiger charge is 2.24. The molecule has 0 fully saturated rings. The first-order valence-corrected chi connectivity index (χ1v) is 12.7. The number of allylic oxidation sites excluding steroid dienone is 7. The molecule has 0 aromatic heterocycles. The molecule has 0 aromatic rings. The quantitative estimate of drug-likeness (QED) is 0.121. The second-order valence-electron chi connectivity index (χ2n) is 7.73. The minimum absolute atomic E-state index is 0.139. The van der Waals surface area contributed by atoms with Crippen LogP contribution in [0.2, 0.25) is 0 Å². The number of nitrogens with one attached hydrogen (secondary N) is 1. The molecule has 4 N–H and O–H groups in total. The van der Waals surface area contributed by atoms with Crippen molar-refractivity contribution < 1.29 is 35.4 Å². The number of carboxylic acids is 2. The van der Waals surface area contributed by atoms with Crippen LogP contribution < -0.4 is 21.3 Å². The number of nitrogens with two attached hydrogens (primary N) is 1. The normalized spacial score (nSPS) is 14.8. The van der Waals surface area contributed by atoms with Crippen LogP contribution >= 0.6 is 11.8 Å². The highest BCUT2D eigenvalue weighted by Crippen LogP contribution is 2.21. The maximum absolute atomic E-state index is 11.8. The van der Waals surface area contributed by atoms with Gasteiger partial charge in [0.1, 0.15) is 0 Å². The van der Waals surface area contributed by atoms with E-state index in [1.165, 1.54) is 31.0 Å². The first-order chi connectivity index (χ1) is 16.3. The molecule has 34 heavy (non-hydrogen) atoms. The lowest BCUT2D eigenvalue weighted by atomic mass is 10.1. The molecule has 0 aliphatic heterocycles. The molecule has 0 aliphatic carbocycles. The van der Waals surface area contributed by atoms with Gasteiger partial charge in [0.15, 0.2) is 0 Å². The van der Waals surface area contributed by atoms with E-state index in [2.05, 4.69) is 24.4 Å². The highest BCUT2D eigenvalue weighted by molar-refractivity contribution is 8.00. The standard InChI is InChI=1S/C25H40N2O6S/c1-2-3-4-5-6-7-8-9-10-11-12-13-16-22(21(28)15-14-17-23(29)30)34-19-20(26)25(33)27-18-24(31)32/h6-7,9-13,16,20-22,28H,2-5,8,14-15,17-19,26H2,1H3,(H,27,33)(H,29,30)(H,31,32)/q+1/p-2/b7-6+,10-9+,12-11+,16-13+. The van der Waals surface area contributed by atoms with Crippen molar-refractivity contribution in [2.75, 3.05) is 12.3 Å². The molecule has 8 nitrogen and oxygen atoms in total. The molecular formula is C25H38N2O6S-. The summed E-state index contributed by atoms with van der Waals surface area (Å²) in [5.74, 6) is -3.08. The van der Waals surface area contributed by atoms with Crippen LogP contribution in [0.4, 0.5) is 0 Å². The van der Waals surface area contributed by atoms with Crippen LogP contribution in [0.3, 0.4) is 0 Å². The van der Waals surface area contributed by atoms with Crippen LogP contribution in [0, 0.1) is 0 Å². The Kier molecular flexibility index (Phi) is 19.7. The Bertz CT molecular complexity index is 706. The van der Waals surface area contributed by atoms with Gasteiger partial charge in [0, 0.05) is 11.2 Å². The average molecular weight is 495 g/mol. The summed E-state index contributed by atoms with van der Waals surface area (Å²) in [6.07, 6.45) is 20.7. The lowest BCUT2D eigenvalue weighted by molar-refractivity contribution is -0.396. The van der Waals surface area contributed by atoms with Gasteiger partial charge in [0.05, 0.1) is 24.4 Å². The Morgan fingerprint density at radius 3 is 2.41 bits per heavy atom. The van der Waals surface area contributed by atoms with Gasteiger partial charge in [-0.3, -0.25) is 4.79 Å². The minimum Gasteiger partial charge on any atom is -0.550 e. The van der Waals surface area contributed by atoms with E-state index in [0.29, 0.717) is 0 Å². The van der Waals surface area contributed by atoms with E-state index in [-0.39, 0.29) is 25.0 Å². The van der Waals surface area contributed by atoms with E-state index in [9.17, 15) is 29.7 Å². The van der Waals surface area contributed by atoms with Gasteiger partial charge in [-0.05, 0) is 38.5 Å². The van der Waals surface area contributed by atoms with E-state index in [4.69, 9.17) is 5.73 Å². The van der Waals surface area contributed by atoms with Gasteiger partial charge in [0.25, 0.3) is 5.91 Å². The number of carbonyl (C=O) groups excluding carboxylic acids is 3. The van der Waals surface area contributed by atoms with E-state index >= 15 is 0 Å². The van der Waals surface area contributed by atoms with Crippen LogP contribution in [0.15, 0.2) is 48.6 Å². The third kappa shape index (κ3) is 19.1. The molecule has 0 spiro atoms. The van der Waals surface area contributed by atoms with Crippen molar-refractivity contribution in [2.45, 2.75) is 75.7 Å². The minimum atomic E-state index is -1.42. The number of carboxylic acid groups (broad SMARTS) is 2. The summed E-state index contributed by atoms with van der Waals surface area (Å²) >= 11 is 1.23. The summed E-state index contributed by atoms with van der Waals surface area (Å²) in [5, 5.41) is 33.3. The Morgan fingerprint density at radius 1 is 1.00 bits per heavy atom. The Morgan fingerprint density at radius 2 is 1.74 bits per heavy atom. The number of aliphatic hydroxyl groups is 1. The van der Waals surface area contributed by atoms with Crippen molar-refractivity contribution in [1.29, 1.82) is 0 Å². The topological polar surface area (TPSA) is 155 Å². The summed E-state index contributed by atoms with van der Waals surface area (Å²) in [5.41, 5.74) is 5.79. The van der Waals surface area contributed by atoms with E-state index in [1.807, 2.05) is 24.3 Å². The van der Waals surface area contributed by atoms with Crippen molar-refractivity contribution in [2.24, 2.45) is 0 Å². The lowest BCUT2D eigenvalue weighted by Crippen LogP contribution is -2.69. The summed E-state index contributed by atoms with van der Waals surface area (Å²) in [6.45, 7) is 1.56. The maximum Gasteiger partial charge on any atom is 0.284 e. The van der Waals surface area contributed by atoms with Crippen molar-refractivity contribution in [3.05, 3.63) is 48.6 Å². The number of thioether (sulfide) groups is 1. The molecule has 3 atom stereocenters. The van der Waals surface area contributed by atoms with Crippen LogP contribution in [0.1, 0.15) is 58.3 Å². The first kappa shape index (κ1) is 31.6. The van der Waals surface area contributed by atoms with Crippen molar-refractivity contribution >= 4 is 29.6 Å². The second kappa shape index (κ2) is 21.2. The zero-order chi connectivity index (χ0) is 25.6. The third-order valence-electron chi connectivity index (χ3n) is 4.66. The Hall–Kier alpha value is -2.36. The fraction of sp³-hybridized carbons (Fsp3) is 0.560. The zero-order valence-corrected chi connectivity index (χ0v) is 20.7. The average Bonchev–Trinajstić information content (AvgIpc) is 2.79. The lowest BCUT2D eigenvalue weighted by Gasteiger charge is -2.20. The molecule has 0 aliphatic rings. The monoisotopic (exact) mass is 494 g/mol. The summed E-state index contributed by atoms with van der Waals surface area (Å²) in [6, 6.07) is -0.968. The van der Waals surface area contributed by atoms with Gasteiger partial charge in [-0.15, -0.1) is 11.8 Å². The largest absolute Gasteiger partial charge is 0.550 e. The molecule has 1 radical (unpaired) electrons. The van der Waals surface area contributed by atoms with Crippen LogP contribution in [0.25, 0.3) is 0 Å². The van der Waals surface area contributed by atoms with E-state index in [1.54, 1.807) is 12.2 Å². The number of aliphatic carboxylic acids is 2. The number of aliphatic hydroxyl groups excluding tert-OH is 1. The predicted molar refractivity (Wildman–Crippen MR) is 130 cm³/mol. The SMILES string of the molecule is CCCCC/C=C/C/C=C/C=C/C=C/C(SCC([NH2+])C(=O)NCC(=O)[O-])C(O)CCCC(=O)[O-]. The van der Waals surface area contributed by atoms with E-state index in [0.717, 1.165) is 12.8 Å². The molecule has 0 heterocycles. The maximum atomic E-state index is 11.8. The van der Waals surface area contributed by atoms with Gasteiger partial charge in [-0.25, -0.2) is 0 Å². The predicted octanol–water partition coefficient (Wildman–Crippen LogP) is -0.173. The molecule has 0 bridgehead atoms. The third-order valence-corrected chi connectivity index (χ3v) is 6.06. The van der Waals surface area contributed by atoms with Crippen LogP contribution in [0.5, 0.6) is 0 Å².